The van der Waals surface area contributed by atoms with Crippen molar-refractivity contribution in [3.05, 3.63) is 0 Å². The van der Waals surface area contributed by atoms with Gasteiger partial charge in [0, 0.05) is 26.2 Å². The minimum absolute atomic E-state index is 0.0493. The first-order valence-electron chi connectivity index (χ1n) is 7.27. The van der Waals surface area contributed by atoms with E-state index in [9.17, 15) is 4.79 Å². The zero-order chi connectivity index (χ0) is 13.0. The van der Waals surface area contributed by atoms with Crippen molar-refractivity contribution in [2.45, 2.75) is 44.6 Å². The molecule has 2 aliphatic rings. The molecule has 0 radical (unpaired) electrons. The first-order chi connectivity index (χ1) is 8.68. The molecule has 1 saturated heterocycles. The normalized spacial score (nSPS) is 33.1. The van der Waals surface area contributed by atoms with Crippen LogP contribution >= 0.6 is 0 Å². The molecule has 3 unspecified atom stereocenters. The predicted molar refractivity (Wildman–Crippen MR) is 71.1 cm³/mol. The summed E-state index contributed by atoms with van der Waals surface area (Å²) in [5.74, 6) is 0.800. The van der Waals surface area contributed by atoms with Crippen LogP contribution in [-0.4, -0.2) is 43.7 Å². The van der Waals surface area contributed by atoms with Crippen molar-refractivity contribution in [2.75, 3.05) is 26.8 Å². The lowest BCUT2D eigenvalue weighted by Crippen LogP contribution is -2.46. The highest BCUT2D eigenvalue weighted by Crippen LogP contribution is 2.25. The van der Waals surface area contributed by atoms with Crippen LogP contribution in [0.2, 0.25) is 0 Å². The molecule has 3 atom stereocenters. The van der Waals surface area contributed by atoms with Crippen molar-refractivity contribution in [1.29, 1.82) is 0 Å². The fourth-order valence-electron chi connectivity index (χ4n) is 3.18. The Bertz CT molecular complexity index is 277. The Balaban J connectivity index is 1.83. The lowest BCUT2D eigenvalue weighted by Gasteiger charge is -2.33. The van der Waals surface area contributed by atoms with Crippen molar-refractivity contribution in [2.24, 2.45) is 17.6 Å². The summed E-state index contributed by atoms with van der Waals surface area (Å²) >= 11 is 0. The fraction of sp³-hybridized carbons (Fsp3) is 0.929. The topological polar surface area (TPSA) is 55.6 Å². The van der Waals surface area contributed by atoms with Crippen LogP contribution in [0.15, 0.2) is 0 Å². The van der Waals surface area contributed by atoms with Crippen molar-refractivity contribution < 1.29 is 9.53 Å². The Hall–Kier alpha value is -0.610. The highest BCUT2D eigenvalue weighted by molar-refractivity contribution is 5.79. The summed E-state index contributed by atoms with van der Waals surface area (Å²) in [7, 11) is 1.91. The molecule has 1 heterocycles. The number of amides is 1. The summed E-state index contributed by atoms with van der Waals surface area (Å²) in [4.78, 5) is 14.3. The Labute approximate surface area is 110 Å². The van der Waals surface area contributed by atoms with Gasteiger partial charge in [-0.15, -0.1) is 0 Å². The third kappa shape index (κ3) is 3.45. The van der Waals surface area contributed by atoms with Crippen LogP contribution in [0.4, 0.5) is 0 Å². The number of nitrogens with two attached hydrogens (primary N) is 1. The summed E-state index contributed by atoms with van der Waals surface area (Å²) in [5, 5.41) is 0. The van der Waals surface area contributed by atoms with Gasteiger partial charge in [0.25, 0.3) is 0 Å². The number of nitrogens with zero attached hydrogens (tertiary/aromatic N) is 1. The molecule has 2 rings (SSSR count). The van der Waals surface area contributed by atoms with Gasteiger partial charge in [-0.3, -0.25) is 4.79 Å². The Morgan fingerprint density at radius 1 is 1.28 bits per heavy atom. The molecular weight excluding hydrogens is 228 g/mol. The predicted octanol–water partition coefficient (Wildman–Crippen LogP) is 1.39. The van der Waals surface area contributed by atoms with E-state index in [1.807, 2.05) is 11.9 Å². The molecule has 0 aromatic carbocycles. The molecule has 18 heavy (non-hydrogen) atoms. The third-order valence-electron chi connectivity index (χ3n) is 4.30. The van der Waals surface area contributed by atoms with E-state index < -0.39 is 0 Å². The zero-order valence-electron chi connectivity index (χ0n) is 11.4. The molecule has 4 nitrogen and oxygen atoms in total. The van der Waals surface area contributed by atoms with Crippen LogP contribution in [0.25, 0.3) is 0 Å². The number of hydrogen-bond acceptors (Lipinski definition) is 3. The maximum Gasteiger partial charge on any atom is 0.226 e. The zero-order valence-corrected chi connectivity index (χ0v) is 11.4. The van der Waals surface area contributed by atoms with Gasteiger partial charge >= 0.3 is 0 Å². The SMILES string of the molecule is CN(CC1CCCOC1)C(=O)C1CCCCC1N. The van der Waals surface area contributed by atoms with Gasteiger partial charge in [-0.2, -0.15) is 0 Å². The number of carbonyl (C=O) groups excluding carboxylic acids is 1. The molecule has 0 aromatic heterocycles. The van der Waals surface area contributed by atoms with Crippen molar-refractivity contribution in [3.63, 3.8) is 0 Å². The lowest BCUT2D eigenvalue weighted by atomic mass is 9.84. The molecule has 1 saturated carbocycles. The monoisotopic (exact) mass is 254 g/mol. The summed E-state index contributed by atoms with van der Waals surface area (Å²) in [6.07, 6.45) is 6.57. The summed E-state index contributed by atoms with van der Waals surface area (Å²) < 4.78 is 5.47. The molecule has 2 N–H and O–H groups in total. The highest BCUT2D eigenvalue weighted by Gasteiger charge is 2.31. The average molecular weight is 254 g/mol. The standard InChI is InChI=1S/C14H26N2O2/c1-16(9-11-5-4-8-18-10-11)14(17)12-6-2-3-7-13(12)15/h11-13H,2-10,15H2,1H3. The lowest BCUT2D eigenvalue weighted by molar-refractivity contribution is -0.136. The Morgan fingerprint density at radius 2 is 2.06 bits per heavy atom. The summed E-state index contributed by atoms with van der Waals surface area (Å²) in [5.41, 5.74) is 6.08. The quantitative estimate of drug-likeness (QED) is 0.828. The van der Waals surface area contributed by atoms with Crippen LogP contribution in [0, 0.1) is 11.8 Å². The van der Waals surface area contributed by atoms with Gasteiger partial charge in [-0.25, -0.2) is 0 Å². The van der Waals surface area contributed by atoms with Crippen LogP contribution in [0.1, 0.15) is 38.5 Å². The van der Waals surface area contributed by atoms with E-state index in [0.29, 0.717) is 5.92 Å². The van der Waals surface area contributed by atoms with Crippen LogP contribution in [0.5, 0.6) is 0 Å². The van der Waals surface area contributed by atoms with Gasteiger partial charge in [-0.05, 0) is 31.6 Å². The van der Waals surface area contributed by atoms with Gasteiger partial charge < -0.3 is 15.4 Å². The first-order valence-corrected chi connectivity index (χ1v) is 7.27. The van der Waals surface area contributed by atoms with Gasteiger partial charge in [0.1, 0.15) is 0 Å². The molecular formula is C14H26N2O2. The number of ether oxygens (including phenoxy) is 1. The molecule has 4 heteroatoms. The largest absolute Gasteiger partial charge is 0.381 e. The van der Waals surface area contributed by atoms with Crippen molar-refractivity contribution in [1.82, 2.24) is 4.90 Å². The highest BCUT2D eigenvalue weighted by atomic mass is 16.5. The molecule has 2 fully saturated rings. The molecule has 0 spiro atoms. The molecule has 1 aliphatic heterocycles. The van der Waals surface area contributed by atoms with Crippen molar-refractivity contribution >= 4 is 5.91 Å². The van der Waals surface area contributed by atoms with Crippen LogP contribution in [-0.2, 0) is 9.53 Å². The maximum atomic E-state index is 12.4. The summed E-state index contributed by atoms with van der Waals surface area (Å²) in [6.45, 7) is 2.50. The van der Waals surface area contributed by atoms with Gasteiger partial charge in [0.05, 0.1) is 12.5 Å². The molecule has 104 valence electrons. The second-order valence-electron chi connectivity index (χ2n) is 5.86. The minimum atomic E-state index is 0.0493. The third-order valence-corrected chi connectivity index (χ3v) is 4.30. The molecule has 0 aromatic rings. The molecule has 0 bridgehead atoms. The van der Waals surface area contributed by atoms with Crippen LogP contribution < -0.4 is 5.73 Å². The van der Waals surface area contributed by atoms with E-state index in [2.05, 4.69) is 0 Å². The van der Waals surface area contributed by atoms with E-state index in [1.165, 1.54) is 12.8 Å². The van der Waals surface area contributed by atoms with E-state index in [0.717, 1.165) is 45.4 Å². The number of rotatable bonds is 3. The van der Waals surface area contributed by atoms with E-state index in [4.69, 9.17) is 10.5 Å². The van der Waals surface area contributed by atoms with E-state index in [-0.39, 0.29) is 17.9 Å². The van der Waals surface area contributed by atoms with Gasteiger partial charge in [-0.1, -0.05) is 12.8 Å². The minimum Gasteiger partial charge on any atom is -0.381 e. The average Bonchev–Trinajstić information content (AvgIpc) is 2.39. The molecule has 1 aliphatic carbocycles. The summed E-state index contributed by atoms with van der Waals surface area (Å²) in [6, 6.07) is 0.0660. The van der Waals surface area contributed by atoms with E-state index >= 15 is 0 Å². The van der Waals surface area contributed by atoms with Crippen molar-refractivity contribution in [3.8, 4) is 0 Å². The first kappa shape index (κ1) is 13.8. The second-order valence-corrected chi connectivity index (χ2v) is 5.86. The number of carbonyl (C=O) groups is 1. The Kier molecular flexibility index (Phi) is 5.01. The number of hydrogen-bond donors (Lipinski definition) is 1. The molecule has 1 amide bonds. The fourth-order valence-corrected chi connectivity index (χ4v) is 3.18. The maximum absolute atomic E-state index is 12.4. The van der Waals surface area contributed by atoms with E-state index in [1.54, 1.807) is 0 Å². The smallest absolute Gasteiger partial charge is 0.226 e. The van der Waals surface area contributed by atoms with Gasteiger partial charge in [0.2, 0.25) is 5.91 Å². The second kappa shape index (κ2) is 6.53. The van der Waals surface area contributed by atoms with Crippen LogP contribution in [0.3, 0.4) is 0 Å². The van der Waals surface area contributed by atoms with Gasteiger partial charge in [0.15, 0.2) is 0 Å². The Morgan fingerprint density at radius 3 is 2.72 bits per heavy atom.